The third-order valence-corrected chi connectivity index (χ3v) is 4.90. The second kappa shape index (κ2) is 7.23. The van der Waals surface area contributed by atoms with E-state index in [1.165, 1.54) is 23.9 Å². The van der Waals surface area contributed by atoms with E-state index in [4.69, 9.17) is 0 Å². The minimum Gasteiger partial charge on any atom is -0.316 e. The van der Waals surface area contributed by atoms with Crippen molar-refractivity contribution in [3.63, 3.8) is 0 Å². The van der Waals surface area contributed by atoms with Gasteiger partial charge in [-0.25, -0.2) is 17.5 Å². The minimum atomic E-state index is -3.80. The first-order valence-corrected chi connectivity index (χ1v) is 8.72. The first-order chi connectivity index (χ1) is 8.90. The van der Waals surface area contributed by atoms with Crippen LogP contribution in [-0.2, 0) is 16.6 Å². The topological polar surface area (TPSA) is 58.2 Å². The minimum absolute atomic E-state index is 0.239. The molecule has 0 aliphatic heterocycles. The number of benzene rings is 1. The number of hydrogen-bond acceptors (Lipinski definition) is 4. The van der Waals surface area contributed by atoms with Crippen molar-refractivity contribution in [2.24, 2.45) is 0 Å². The molecule has 0 saturated carbocycles. The number of sulfonamides is 1. The lowest BCUT2D eigenvalue weighted by Crippen LogP contribution is -2.34. The Hall–Kier alpha value is -0.630. The molecule has 2 N–H and O–H groups in total. The van der Waals surface area contributed by atoms with Crippen LogP contribution in [-0.4, -0.2) is 33.5 Å². The van der Waals surface area contributed by atoms with Crippen LogP contribution in [0, 0.1) is 5.82 Å². The molecular weight excluding hydrogens is 287 g/mol. The molecule has 0 aliphatic rings. The summed E-state index contributed by atoms with van der Waals surface area (Å²) in [7, 11) is -2.06. The van der Waals surface area contributed by atoms with Crippen molar-refractivity contribution in [1.29, 1.82) is 0 Å². The summed E-state index contributed by atoms with van der Waals surface area (Å²) < 4.78 is 40.4. The Bertz CT molecular complexity index is 520. The summed E-state index contributed by atoms with van der Waals surface area (Å²) in [5, 5.41) is 2.88. The molecule has 1 aromatic carbocycles. The highest BCUT2D eigenvalue weighted by Crippen LogP contribution is 2.16. The first kappa shape index (κ1) is 16.4. The Morgan fingerprint density at radius 1 is 1.42 bits per heavy atom. The van der Waals surface area contributed by atoms with Crippen LogP contribution in [0.4, 0.5) is 4.39 Å². The van der Waals surface area contributed by atoms with Gasteiger partial charge < -0.3 is 5.32 Å². The van der Waals surface area contributed by atoms with E-state index in [2.05, 4.69) is 10.0 Å². The zero-order valence-corrected chi connectivity index (χ0v) is 12.9. The second-order valence-electron chi connectivity index (χ2n) is 4.27. The van der Waals surface area contributed by atoms with Crippen molar-refractivity contribution < 1.29 is 12.8 Å². The van der Waals surface area contributed by atoms with Crippen LogP contribution in [0.15, 0.2) is 23.1 Å². The van der Waals surface area contributed by atoms with Gasteiger partial charge in [0.15, 0.2) is 0 Å². The highest BCUT2D eigenvalue weighted by atomic mass is 32.2. The molecular formula is C12H19FN2O2S2. The van der Waals surface area contributed by atoms with E-state index >= 15 is 0 Å². The summed E-state index contributed by atoms with van der Waals surface area (Å²) >= 11 is 1.53. The van der Waals surface area contributed by atoms with E-state index in [0.717, 1.165) is 0 Å². The van der Waals surface area contributed by atoms with Gasteiger partial charge in [0.05, 0.1) is 0 Å². The van der Waals surface area contributed by atoms with Gasteiger partial charge in [0, 0.05) is 18.3 Å². The second-order valence-corrected chi connectivity index (χ2v) is 6.87. The first-order valence-electron chi connectivity index (χ1n) is 5.85. The van der Waals surface area contributed by atoms with Crippen LogP contribution in [0.3, 0.4) is 0 Å². The molecule has 0 aromatic heterocycles. The van der Waals surface area contributed by atoms with Crippen LogP contribution < -0.4 is 10.0 Å². The summed E-state index contributed by atoms with van der Waals surface area (Å²) in [6.45, 7) is 2.24. The van der Waals surface area contributed by atoms with Crippen molar-refractivity contribution in [2.45, 2.75) is 24.4 Å². The average molecular weight is 306 g/mol. The summed E-state index contributed by atoms with van der Waals surface area (Å²) in [4.78, 5) is -0.305. The molecule has 1 rings (SSSR count). The Kier molecular flexibility index (Phi) is 6.25. The standard InChI is InChI=1S/C12H19FN2O2S2/c1-9(8-18-3)15-19(16,17)12-5-4-10(7-14-2)6-11(12)13/h4-6,9,14-15H,7-8H2,1-3H3. The molecule has 1 atom stereocenters. The number of hydrogen-bond donors (Lipinski definition) is 2. The fraction of sp³-hybridized carbons (Fsp3) is 0.500. The fourth-order valence-electron chi connectivity index (χ4n) is 1.69. The van der Waals surface area contributed by atoms with Crippen molar-refractivity contribution >= 4 is 21.8 Å². The van der Waals surface area contributed by atoms with E-state index in [1.807, 2.05) is 6.26 Å². The van der Waals surface area contributed by atoms with Crippen LogP contribution in [0.1, 0.15) is 12.5 Å². The molecule has 0 amide bonds. The summed E-state index contributed by atoms with van der Waals surface area (Å²) in [6, 6.07) is 3.91. The lowest BCUT2D eigenvalue weighted by molar-refractivity contribution is 0.548. The zero-order chi connectivity index (χ0) is 14.5. The van der Waals surface area contributed by atoms with Crippen LogP contribution in [0.5, 0.6) is 0 Å². The Labute approximate surface area is 118 Å². The SMILES string of the molecule is CNCc1ccc(S(=O)(=O)NC(C)CSC)c(F)c1. The normalized spacial score (nSPS) is 13.5. The van der Waals surface area contributed by atoms with Crippen LogP contribution in [0.25, 0.3) is 0 Å². The van der Waals surface area contributed by atoms with Gasteiger partial charge in [-0.15, -0.1) is 0 Å². The lowest BCUT2D eigenvalue weighted by Gasteiger charge is -2.14. The molecule has 0 radical (unpaired) electrons. The maximum absolute atomic E-state index is 13.9. The van der Waals surface area contributed by atoms with Crippen LogP contribution in [0.2, 0.25) is 0 Å². The van der Waals surface area contributed by atoms with Gasteiger partial charge in [0.25, 0.3) is 0 Å². The highest BCUT2D eigenvalue weighted by molar-refractivity contribution is 7.98. The fourth-order valence-corrected chi connectivity index (χ4v) is 3.68. The molecule has 7 heteroatoms. The van der Waals surface area contributed by atoms with Crippen molar-refractivity contribution in [3.8, 4) is 0 Å². The predicted molar refractivity (Wildman–Crippen MR) is 77.3 cm³/mol. The van der Waals surface area contributed by atoms with E-state index in [9.17, 15) is 12.8 Å². The Morgan fingerprint density at radius 2 is 2.11 bits per heavy atom. The third kappa shape index (κ3) is 4.76. The van der Waals surface area contributed by atoms with Crippen molar-refractivity contribution in [2.75, 3.05) is 19.1 Å². The van der Waals surface area contributed by atoms with E-state index in [1.54, 1.807) is 20.0 Å². The molecule has 0 aliphatic carbocycles. The molecule has 4 nitrogen and oxygen atoms in total. The van der Waals surface area contributed by atoms with Gasteiger partial charge in [0.1, 0.15) is 10.7 Å². The van der Waals surface area contributed by atoms with Gasteiger partial charge in [-0.3, -0.25) is 0 Å². The number of halogens is 1. The Balaban J connectivity index is 2.95. The third-order valence-electron chi connectivity index (χ3n) is 2.44. The average Bonchev–Trinajstić information content (AvgIpc) is 2.28. The molecule has 0 fully saturated rings. The van der Waals surface area contributed by atoms with Gasteiger partial charge in [-0.2, -0.15) is 11.8 Å². The largest absolute Gasteiger partial charge is 0.316 e. The van der Waals surface area contributed by atoms with Gasteiger partial charge in [-0.05, 0) is 37.9 Å². The van der Waals surface area contributed by atoms with Crippen molar-refractivity contribution in [1.82, 2.24) is 10.0 Å². The van der Waals surface area contributed by atoms with Gasteiger partial charge in [-0.1, -0.05) is 6.07 Å². The van der Waals surface area contributed by atoms with Gasteiger partial charge >= 0.3 is 0 Å². The molecule has 0 bridgehead atoms. The molecule has 108 valence electrons. The number of thioether (sulfide) groups is 1. The predicted octanol–water partition coefficient (Wildman–Crippen LogP) is 1.57. The highest BCUT2D eigenvalue weighted by Gasteiger charge is 2.21. The molecule has 19 heavy (non-hydrogen) atoms. The zero-order valence-electron chi connectivity index (χ0n) is 11.2. The van der Waals surface area contributed by atoms with E-state index in [-0.39, 0.29) is 10.9 Å². The smallest absolute Gasteiger partial charge is 0.243 e. The van der Waals surface area contributed by atoms with E-state index in [0.29, 0.717) is 17.9 Å². The number of rotatable bonds is 7. The quantitative estimate of drug-likeness (QED) is 0.803. The molecule has 1 aromatic rings. The summed E-state index contributed by atoms with van der Waals surface area (Å²) in [5.41, 5.74) is 0.705. The molecule has 0 spiro atoms. The lowest BCUT2D eigenvalue weighted by atomic mass is 10.2. The number of nitrogens with one attached hydrogen (secondary N) is 2. The summed E-state index contributed by atoms with van der Waals surface area (Å²) in [5.74, 6) is -0.0878. The Morgan fingerprint density at radius 3 is 2.63 bits per heavy atom. The van der Waals surface area contributed by atoms with Crippen molar-refractivity contribution in [3.05, 3.63) is 29.6 Å². The van der Waals surface area contributed by atoms with E-state index < -0.39 is 15.8 Å². The maximum Gasteiger partial charge on any atom is 0.243 e. The molecule has 0 heterocycles. The summed E-state index contributed by atoms with van der Waals surface area (Å²) in [6.07, 6.45) is 1.89. The maximum atomic E-state index is 13.9. The van der Waals surface area contributed by atoms with Crippen LogP contribution >= 0.6 is 11.8 Å². The van der Waals surface area contributed by atoms with Gasteiger partial charge in [0.2, 0.25) is 10.0 Å². The molecule has 1 unspecified atom stereocenters. The molecule has 0 saturated heterocycles. The monoisotopic (exact) mass is 306 g/mol.